The third-order valence-corrected chi connectivity index (χ3v) is 10.6. The molecule has 0 N–H and O–H groups in total. The summed E-state index contributed by atoms with van der Waals surface area (Å²) in [7, 11) is 0. The molecule has 0 spiro atoms. The lowest BCUT2D eigenvalue weighted by molar-refractivity contribution is 0.590. The summed E-state index contributed by atoms with van der Waals surface area (Å²) in [5.74, 6) is 0. The van der Waals surface area contributed by atoms with E-state index in [-0.39, 0.29) is 21.7 Å². The molecule has 0 saturated carbocycles. The van der Waals surface area contributed by atoms with Crippen molar-refractivity contribution in [2.24, 2.45) is 0 Å². The van der Waals surface area contributed by atoms with Crippen LogP contribution < -0.4 is 9.80 Å². The first-order chi connectivity index (χ1) is 21.6. The summed E-state index contributed by atoms with van der Waals surface area (Å²) >= 11 is 0. The van der Waals surface area contributed by atoms with Crippen LogP contribution >= 0.6 is 0 Å². The molecule has 0 radical (unpaired) electrons. The van der Waals surface area contributed by atoms with Gasteiger partial charge in [0.1, 0.15) is 0 Å². The topological polar surface area (TPSA) is 6.48 Å². The van der Waals surface area contributed by atoms with Crippen LogP contribution in [-0.4, -0.2) is 0 Å². The Morgan fingerprint density at radius 2 is 0.891 bits per heavy atom. The lowest BCUT2D eigenvalue weighted by atomic mass is 9.66. The van der Waals surface area contributed by atoms with Gasteiger partial charge in [-0.1, -0.05) is 130 Å². The highest BCUT2D eigenvalue weighted by molar-refractivity contribution is 5.93. The fraction of sp³-hybridized carbons (Fsp3) is 0.318. The number of rotatable bonds is 3. The third kappa shape index (κ3) is 4.60. The van der Waals surface area contributed by atoms with E-state index < -0.39 is 0 Å². The molecule has 0 saturated heterocycles. The number of fused-ring (bicyclic) bond motifs is 4. The zero-order chi connectivity index (χ0) is 32.8. The maximum atomic E-state index is 2.54. The number of benzene rings is 5. The van der Waals surface area contributed by atoms with Crippen LogP contribution in [0, 0.1) is 0 Å². The second kappa shape index (κ2) is 10.1. The maximum Gasteiger partial charge on any atom is 0.0543 e. The molecule has 5 aromatic rings. The van der Waals surface area contributed by atoms with E-state index in [4.69, 9.17) is 0 Å². The Kier molecular flexibility index (Phi) is 6.66. The Labute approximate surface area is 276 Å². The normalized spacial score (nSPS) is 15.9. The zero-order valence-electron chi connectivity index (χ0n) is 29.3. The average molecular weight is 605 g/mol. The maximum absolute atomic E-state index is 2.54. The minimum atomic E-state index is -0.187. The summed E-state index contributed by atoms with van der Waals surface area (Å²) < 4.78 is 0. The van der Waals surface area contributed by atoms with Gasteiger partial charge in [0.2, 0.25) is 0 Å². The number of anilines is 6. The monoisotopic (exact) mass is 604 g/mol. The fourth-order valence-corrected chi connectivity index (χ4v) is 7.68. The Bertz CT molecular complexity index is 1890. The van der Waals surface area contributed by atoms with Gasteiger partial charge in [-0.05, 0) is 92.7 Å². The molecule has 5 aromatic carbocycles. The molecule has 0 aliphatic carbocycles. The van der Waals surface area contributed by atoms with Crippen LogP contribution in [0.15, 0.2) is 109 Å². The van der Waals surface area contributed by atoms with Crippen molar-refractivity contribution in [3.8, 4) is 0 Å². The summed E-state index contributed by atoms with van der Waals surface area (Å²) in [4.78, 5) is 4.96. The van der Waals surface area contributed by atoms with Crippen LogP contribution in [0.5, 0.6) is 0 Å². The fourth-order valence-electron chi connectivity index (χ4n) is 7.68. The van der Waals surface area contributed by atoms with Gasteiger partial charge in [-0.3, -0.25) is 0 Å². The minimum absolute atomic E-state index is 0.0821. The summed E-state index contributed by atoms with van der Waals surface area (Å²) in [6.45, 7) is 23.2. The van der Waals surface area contributed by atoms with Crippen LogP contribution in [0.4, 0.5) is 34.1 Å². The first kappa shape index (κ1) is 30.4. The Morgan fingerprint density at radius 3 is 1.41 bits per heavy atom. The van der Waals surface area contributed by atoms with Gasteiger partial charge >= 0.3 is 0 Å². The van der Waals surface area contributed by atoms with Gasteiger partial charge in [0.15, 0.2) is 0 Å². The van der Waals surface area contributed by atoms with Gasteiger partial charge < -0.3 is 9.80 Å². The number of para-hydroxylation sites is 2. The van der Waals surface area contributed by atoms with Gasteiger partial charge in [-0.2, -0.15) is 0 Å². The number of hydrogen-bond donors (Lipinski definition) is 0. The van der Waals surface area contributed by atoms with Gasteiger partial charge in [0.25, 0.3) is 0 Å². The van der Waals surface area contributed by atoms with Crippen LogP contribution in [0.25, 0.3) is 0 Å². The highest BCUT2D eigenvalue weighted by Crippen LogP contribution is 2.60. The first-order valence-electron chi connectivity index (χ1n) is 16.8. The van der Waals surface area contributed by atoms with Crippen molar-refractivity contribution < 1.29 is 0 Å². The lowest BCUT2D eigenvalue weighted by Gasteiger charge is -2.49. The highest BCUT2D eigenvalue weighted by Gasteiger charge is 2.45. The quantitative estimate of drug-likeness (QED) is 0.202. The Morgan fingerprint density at radius 1 is 0.457 bits per heavy atom. The molecular weight excluding hydrogens is 556 g/mol. The number of nitrogens with zero attached hydrogens (tertiary/aromatic N) is 2. The standard InChI is InChI=1S/C44H48N2/c1-41(2,3)29-18-22-31(23-19-29)45(32-24-20-30(21-25-32)42(4,5)6)33-26-27-39-37(28-33)44(9,10)36-16-13-15-35-40(36)46(39)38-17-12-11-14-34(38)43(35,7)8/h11-28H,1-10H3. The second-order valence-electron chi connectivity index (χ2n) is 16.4. The highest BCUT2D eigenvalue weighted by atomic mass is 15.2. The summed E-state index contributed by atoms with van der Waals surface area (Å²) in [5.41, 5.74) is 15.5. The van der Waals surface area contributed by atoms with Crippen LogP contribution in [0.2, 0.25) is 0 Å². The van der Waals surface area contributed by atoms with E-state index in [1.54, 1.807) is 0 Å². The molecule has 234 valence electrons. The van der Waals surface area contributed by atoms with E-state index in [0.29, 0.717) is 0 Å². The van der Waals surface area contributed by atoms with Crippen LogP contribution in [-0.2, 0) is 21.7 Å². The zero-order valence-corrected chi connectivity index (χ0v) is 29.3. The molecule has 0 fully saturated rings. The lowest BCUT2D eigenvalue weighted by Crippen LogP contribution is -2.38. The van der Waals surface area contributed by atoms with Crippen LogP contribution in [0.3, 0.4) is 0 Å². The summed E-state index contributed by atoms with van der Waals surface area (Å²) in [5, 5.41) is 0. The summed E-state index contributed by atoms with van der Waals surface area (Å²) in [6, 6.07) is 41.3. The van der Waals surface area contributed by atoms with Crippen molar-refractivity contribution in [1.29, 1.82) is 0 Å². The minimum Gasteiger partial charge on any atom is -0.310 e. The molecule has 46 heavy (non-hydrogen) atoms. The van der Waals surface area contributed by atoms with E-state index in [1.165, 1.54) is 56.1 Å². The smallest absolute Gasteiger partial charge is 0.0543 e. The molecule has 2 aliphatic rings. The van der Waals surface area contributed by atoms with Crippen molar-refractivity contribution in [3.63, 3.8) is 0 Å². The molecule has 0 atom stereocenters. The van der Waals surface area contributed by atoms with Crippen molar-refractivity contribution >= 4 is 34.1 Å². The second-order valence-corrected chi connectivity index (χ2v) is 16.4. The predicted octanol–water partition coefficient (Wildman–Crippen LogP) is 12.5. The van der Waals surface area contributed by atoms with E-state index in [2.05, 4.69) is 188 Å². The van der Waals surface area contributed by atoms with Gasteiger partial charge in [-0.25, -0.2) is 0 Å². The Balaban J connectivity index is 1.43. The van der Waals surface area contributed by atoms with E-state index >= 15 is 0 Å². The molecule has 0 bridgehead atoms. The SMILES string of the molecule is CC(C)(C)c1ccc(N(c2ccc(C(C)(C)C)cc2)c2ccc3c(c2)C(C)(C)c2cccc4c2N3c2ccccc2C4(C)C)cc1. The van der Waals surface area contributed by atoms with E-state index in [0.717, 1.165) is 11.4 Å². The van der Waals surface area contributed by atoms with Crippen molar-refractivity contribution in [2.75, 3.05) is 9.80 Å². The predicted molar refractivity (Wildman–Crippen MR) is 197 cm³/mol. The van der Waals surface area contributed by atoms with Gasteiger partial charge in [0.05, 0.1) is 17.1 Å². The molecule has 0 amide bonds. The van der Waals surface area contributed by atoms with E-state index in [1.807, 2.05) is 0 Å². The molecule has 7 rings (SSSR count). The molecule has 2 aliphatic heterocycles. The third-order valence-electron chi connectivity index (χ3n) is 10.6. The molecular formula is C44H48N2. The number of hydrogen-bond acceptors (Lipinski definition) is 2. The van der Waals surface area contributed by atoms with Gasteiger partial charge in [0, 0.05) is 27.9 Å². The average Bonchev–Trinajstić information content (AvgIpc) is 3.01. The largest absolute Gasteiger partial charge is 0.310 e. The molecule has 2 heteroatoms. The summed E-state index contributed by atoms with van der Waals surface area (Å²) in [6.07, 6.45) is 0. The first-order valence-corrected chi connectivity index (χ1v) is 16.8. The Hall–Kier alpha value is -4.30. The van der Waals surface area contributed by atoms with Gasteiger partial charge in [-0.15, -0.1) is 0 Å². The molecule has 2 nitrogen and oxygen atoms in total. The van der Waals surface area contributed by atoms with Crippen LogP contribution in [0.1, 0.15) is 103 Å². The molecule has 0 unspecified atom stereocenters. The molecule has 0 aromatic heterocycles. The van der Waals surface area contributed by atoms with Crippen molar-refractivity contribution in [1.82, 2.24) is 0 Å². The van der Waals surface area contributed by atoms with Crippen molar-refractivity contribution in [3.05, 3.63) is 143 Å². The molecule has 2 heterocycles. The van der Waals surface area contributed by atoms with E-state index in [9.17, 15) is 0 Å². The van der Waals surface area contributed by atoms with Crippen molar-refractivity contribution in [2.45, 2.75) is 90.9 Å².